The number of sulfonamides is 1. The Bertz CT molecular complexity index is 1740. The second-order valence-electron chi connectivity index (χ2n) is 11.4. The van der Waals surface area contributed by atoms with Gasteiger partial charge in [-0.25, -0.2) is 8.42 Å². The van der Waals surface area contributed by atoms with E-state index in [0.29, 0.717) is 29.6 Å². The van der Waals surface area contributed by atoms with E-state index in [1.54, 1.807) is 24.3 Å². The van der Waals surface area contributed by atoms with Gasteiger partial charge in [0.05, 0.1) is 17.3 Å². The number of aromatic nitrogens is 1. The van der Waals surface area contributed by atoms with Crippen molar-refractivity contribution in [3.63, 3.8) is 0 Å². The van der Waals surface area contributed by atoms with Gasteiger partial charge in [-0.2, -0.15) is 17.5 Å². The van der Waals surface area contributed by atoms with Gasteiger partial charge in [0.15, 0.2) is 5.60 Å². The van der Waals surface area contributed by atoms with Crippen molar-refractivity contribution in [1.29, 1.82) is 0 Å². The Morgan fingerprint density at radius 3 is 2.42 bits per heavy atom. The normalized spacial score (nSPS) is 21.9. The van der Waals surface area contributed by atoms with Gasteiger partial charge < -0.3 is 21.1 Å². The number of fused-ring (bicyclic) bond motifs is 1. The summed E-state index contributed by atoms with van der Waals surface area (Å²) in [7, 11) is -3.32. The molecule has 0 spiro atoms. The molecule has 0 bridgehead atoms. The number of anilines is 1. The molecular weight excluding hydrogens is 585 g/mol. The standard InChI is InChI=1S/C30H33F3N4O5S/c1-17-20(4-3-5-24(17)36-28(39)19-8-12-29(40,13-9-19)30(31,32)33)21-6-7-22(27(34)38)26-23(21)16-25(35-26)18-10-14-37(15-11-18)43(2,41)42/h3-7,10,16,19,35,40H,8-9,11-15H2,1-2H3,(H2,34,38)(H,36,39). The number of aromatic amines is 1. The van der Waals surface area contributed by atoms with E-state index in [-0.39, 0.29) is 24.9 Å². The van der Waals surface area contributed by atoms with E-state index in [4.69, 9.17) is 5.73 Å². The lowest BCUT2D eigenvalue weighted by Crippen LogP contribution is -2.48. The molecule has 0 radical (unpaired) electrons. The average molecular weight is 619 g/mol. The fourth-order valence-corrected chi connectivity index (χ4v) is 6.74. The topological polar surface area (TPSA) is 146 Å². The van der Waals surface area contributed by atoms with Crippen LogP contribution in [0.5, 0.6) is 0 Å². The molecular formula is C30H33F3N4O5S. The van der Waals surface area contributed by atoms with Gasteiger partial charge in [-0.05, 0) is 79.5 Å². The molecule has 43 heavy (non-hydrogen) atoms. The van der Waals surface area contributed by atoms with E-state index in [9.17, 15) is 36.3 Å². The Hall–Kier alpha value is -3.68. The number of primary amides is 1. The Balaban J connectivity index is 1.45. The number of benzene rings is 2. The maximum atomic E-state index is 13.2. The van der Waals surface area contributed by atoms with Gasteiger partial charge in [-0.3, -0.25) is 9.59 Å². The molecule has 5 N–H and O–H groups in total. The zero-order valence-electron chi connectivity index (χ0n) is 23.7. The highest BCUT2D eigenvalue weighted by molar-refractivity contribution is 7.88. The molecule has 13 heteroatoms. The van der Waals surface area contributed by atoms with E-state index >= 15 is 0 Å². The number of nitrogens with zero attached hydrogens (tertiary/aromatic N) is 1. The number of amides is 2. The van der Waals surface area contributed by atoms with Crippen LogP contribution in [0.2, 0.25) is 0 Å². The molecule has 1 aromatic heterocycles. The summed E-state index contributed by atoms with van der Waals surface area (Å²) in [5.41, 5.74) is 8.10. The van der Waals surface area contributed by atoms with Crippen LogP contribution in [-0.4, -0.2) is 65.8 Å². The number of carbonyl (C=O) groups is 2. The molecule has 2 aliphatic rings. The number of H-pyrrole nitrogens is 1. The molecule has 5 rings (SSSR count). The first-order valence-corrected chi connectivity index (χ1v) is 15.7. The quantitative estimate of drug-likeness (QED) is 0.316. The lowest BCUT2D eigenvalue weighted by atomic mass is 9.78. The summed E-state index contributed by atoms with van der Waals surface area (Å²) >= 11 is 0. The van der Waals surface area contributed by atoms with Crippen molar-refractivity contribution >= 4 is 44.0 Å². The van der Waals surface area contributed by atoms with Crippen molar-refractivity contribution in [2.75, 3.05) is 24.7 Å². The molecule has 9 nitrogen and oxygen atoms in total. The van der Waals surface area contributed by atoms with Gasteiger partial charge in [0.2, 0.25) is 15.9 Å². The Morgan fingerprint density at radius 2 is 1.84 bits per heavy atom. The van der Waals surface area contributed by atoms with E-state index in [1.807, 2.05) is 25.1 Å². The minimum Gasteiger partial charge on any atom is -0.380 e. The lowest BCUT2D eigenvalue weighted by Gasteiger charge is -2.36. The van der Waals surface area contributed by atoms with Crippen molar-refractivity contribution in [3.05, 3.63) is 59.3 Å². The first-order chi connectivity index (χ1) is 20.1. The van der Waals surface area contributed by atoms with Crippen LogP contribution in [0.25, 0.3) is 27.6 Å². The summed E-state index contributed by atoms with van der Waals surface area (Å²) in [5, 5.41) is 13.5. The zero-order valence-corrected chi connectivity index (χ0v) is 24.5. The van der Waals surface area contributed by atoms with Crippen molar-refractivity contribution in [2.24, 2.45) is 11.7 Å². The van der Waals surface area contributed by atoms with Crippen LogP contribution in [0.4, 0.5) is 18.9 Å². The average Bonchev–Trinajstić information content (AvgIpc) is 3.39. The number of halogens is 3. The lowest BCUT2D eigenvalue weighted by molar-refractivity contribution is -0.271. The molecule has 1 fully saturated rings. The number of nitrogens with two attached hydrogens (primary N) is 1. The number of hydrogen-bond acceptors (Lipinski definition) is 5. The van der Waals surface area contributed by atoms with Crippen molar-refractivity contribution in [2.45, 2.75) is 50.8 Å². The van der Waals surface area contributed by atoms with Crippen LogP contribution in [0, 0.1) is 12.8 Å². The molecule has 1 saturated carbocycles. The maximum absolute atomic E-state index is 13.2. The summed E-state index contributed by atoms with van der Waals surface area (Å²) in [5.74, 6) is -1.69. The van der Waals surface area contributed by atoms with Gasteiger partial charge >= 0.3 is 6.18 Å². The third kappa shape index (κ3) is 5.93. The Kier molecular flexibility index (Phi) is 7.95. The van der Waals surface area contributed by atoms with Crippen LogP contribution < -0.4 is 11.1 Å². The first-order valence-electron chi connectivity index (χ1n) is 13.9. The molecule has 230 valence electrons. The highest BCUT2D eigenvalue weighted by Crippen LogP contribution is 2.44. The number of nitrogens with one attached hydrogen (secondary N) is 2. The minimum atomic E-state index is -4.74. The first kappa shape index (κ1) is 30.8. The third-order valence-corrected chi connectivity index (χ3v) is 9.91. The zero-order chi connectivity index (χ0) is 31.3. The highest BCUT2D eigenvalue weighted by atomic mass is 32.2. The molecule has 0 atom stereocenters. The van der Waals surface area contributed by atoms with Gasteiger partial charge in [-0.15, -0.1) is 0 Å². The number of rotatable bonds is 6. The van der Waals surface area contributed by atoms with Crippen molar-refractivity contribution < 1.29 is 36.3 Å². The number of hydrogen-bond donors (Lipinski definition) is 4. The number of alkyl halides is 3. The largest absolute Gasteiger partial charge is 0.417 e. The monoisotopic (exact) mass is 618 g/mol. The van der Waals surface area contributed by atoms with Gasteiger partial charge in [0.1, 0.15) is 0 Å². The molecule has 0 unspecified atom stereocenters. The molecule has 2 amide bonds. The van der Waals surface area contributed by atoms with E-state index in [1.165, 1.54) is 10.6 Å². The summed E-state index contributed by atoms with van der Waals surface area (Å²) < 4.78 is 64.8. The van der Waals surface area contributed by atoms with Crippen LogP contribution in [-0.2, 0) is 14.8 Å². The van der Waals surface area contributed by atoms with Crippen LogP contribution >= 0.6 is 0 Å². The smallest absolute Gasteiger partial charge is 0.380 e. The fourth-order valence-electron chi connectivity index (χ4n) is 5.97. The van der Waals surface area contributed by atoms with Crippen molar-refractivity contribution in [1.82, 2.24) is 9.29 Å². The predicted molar refractivity (Wildman–Crippen MR) is 158 cm³/mol. The predicted octanol–water partition coefficient (Wildman–Crippen LogP) is 4.71. The summed E-state index contributed by atoms with van der Waals surface area (Å²) in [6.07, 6.45) is -2.49. The van der Waals surface area contributed by atoms with Crippen LogP contribution in [0.15, 0.2) is 42.5 Å². The third-order valence-electron chi connectivity index (χ3n) is 8.64. The number of carbonyl (C=O) groups excluding carboxylic acids is 2. The number of aliphatic hydroxyl groups is 1. The minimum absolute atomic E-state index is 0.0836. The van der Waals surface area contributed by atoms with Crippen molar-refractivity contribution in [3.8, 4) is 11.1 Å². The molecule has 1 aliphatic heterocycles. The fraction of sp³-hybridized carbons (Fsp3) is 0.400. The van der Waals surface area contributed by atoms with E-state index in [0.717, 1.165) is 28.0 Å². The van der Waals surface area contributed by atoms with Gasteiger partial charge in [0, 0.05) is 35.8 Å². The molecule has 1 aliphatic carbocycles. The molecule has 0 saturated heterocycles. The summed E-state index contributed by atoms with van der Waals surface area (Å²) in [6, 6.07) is 10.6. The Labute approximate surface area is 247 Å². The molecule has 2 heterocycles. The van der Waals surface area contributed by atoms with Crippen LogP contribution in [0.3, 0.4) is 0 Å². The summed E-state index contributed by atoms with van der Waals surface area (Å²) in [6.45, 7) is 2.38. The second-order valence-corrected chi connectivity index (χ2v) is 13.4. The van der Waals surface area contributed by atoms with E-state index in [2.05, 4.69) is 10.3 Å². The second kappa shape index (κ2) is 11.1. The van der Waals surface area contributed by atoms with Gasteiger partial charge in [-0.1, -0.05) is 24.3 Å². The molecule has 3 aromatic rings. The molecule has 2 aromatic carbocycles. The van der Waals surface area contributed by atoms with Gasteiger partial charge in [0.25, 0.3) is 5.91 Å². The van der Waals surface area contributed by atoms with Crippen LogP contribution in [0.1, 0.15) is 53.7 Å². The maximum Gasteiger partial charge on any atom is 0.417 e. The highest BCUT2D eigenvalue weighted by Gasteiger charge is 2.55. The van der Waals surface area contributed by atoms with E-state index < -0.39 is 52.4 Å². The summed E-state index contributed by atoms with van der Waals surface area (Å²) in [4.78, 5) is 28.6. The SMILES string of the molecule is Cc1c(NC(=O)C2CCC(O)(C(F)(F)F)CC2)cccc1-c1ccc(C(N)=O)c2[nH]c(C3=CCN(S(C)(=O)=O)CC3)cc12. The Morgan fingerprint density at radius 1 is 1.14 bits per heavy atom.